The van der Waals surface area contributed by atoms with Gasteiger partial charge in [-0.25, -0.2) is 4.39 Å². The van der Waals surface area contributed by atoms with Crippen molar-refractivity contribution in [1.29, 1.82) is 0 Å². The Balaban J connectivity index is 2.38. The van der Waals surface area contributed by atoms with E-state index in [1.54, 1.807) is 30.3 Å². The molecule has 3 rings (SSSR count). The maximum atomic E-state index is 13.8. The molecule has 18 heavy (non-hydrogen) atoms. The van der Waals surface area contributed by atoms with Crippen LogP contribution in [-0.2, 0) is 0 Å². The van der Waals surface area contributed by atoms with Crippen molar-refractivity contribution in [2.24, 2.45) is 0 Å². The molecule has 0 aliphatic heterocycles. The molecule has 3 aromatic carbocycles. The van der Waals surface area contributed by atoms with Crippen LogP contribution in [0.5, 0.6) is 5.75 Å². The number of aromatic hydroxyl groups is 1. The van der Waals surface area contributed by atoms with Crippen LogP contribution in [-0.4, -0.2) is 5.11 Å². The quantitative estimate of drug-likeness (QED) is 0.668. The number of phenolic OH excluding ortho intramolecular Hbond substituents is 1. The van der Waals surface area contributed by atoms with E-state index in [1.807, 2.05) is 24.3 Å². The predicted molar refractivity (Wildman–Crippen MR) is 71.0 cm³/mol. The minimum absolute atomic E-state index is 0.214. The average molecular weight is 238 g/mol. The Morgan fingerprint density at radius 3 is 2.11 bits per heavy atom. The van der Waals surface area contributed by atoms with Crippen LogP contribution >= 0.6 is 0 Å². The van der Waals surface area contributed by atoms with Crippen molar-refractivity contribution in [3.63, 3.8) is 0 Å². The lowest BCUT2D eigenvalue weighted by atomic mass is 9.97. The zero-order valence-electron chi connectivity index (χ0n) is 9.60. The number of halogens is 1. The van der Waals surface area contributed by atoms with Gasteiger partial charge in [-0.3, -0.25) is 0 Å². The van der Waals surface area contributed by atoms with Crippen LogP contribution < -0.4 is 0 Å². The van der Waals surface area contributed by atoms with Crippen molar-refractivity contribution >= 4 is 10.8 Å². The van der Waals surface area contributed by atoms with E-state index >= 15 is 0 Å². The minimum Gasteiger partial charge on any atom is -0.507 e. The molecular formula is C16H11FO. The number of hydrogen-bond acceptors (Lipinski definition) is 1. The molecule has 3 aromatic rings. The number of fused-ring (bicyclic) bond motifs is 1. The number of hydrogen-bond donors (Lipinski definition) is 1. The first-order valence-electron chi connectivity index (χ1n) is 5.73. The molecular weight excluding hydrogens is 227 g/mol. The molecule has 0 bridgehead atoms. The Labute approximate surface area is 104 Å². The summed E-state index contributed by atoms with van der Waals surface area (Å²) >= 11 is 0. The normalized spacial score (nSPS) is 10.7. The highest BCUT2D eigenvalue weighted by atomic mass is 19.1. The molecule has 88 valence electrons. The highest BCUT2D eigenvalue weighted by Crippen LogP contribution is 2.34. The first kappa shape index (κ1) is 10.8. The Morgan fingerprint density at radius 2 is 1.33 bits per heavy atom. The van der Waals surface area contributed by atoms with Crippen LogP contribution in [0.2, 0.25) is 0 Å². The SMILES string of the molecule is Oc1ccc(-c2ccccc2F)c2ccccc12. The van der Waals surface area contributed by atoms with Crippen LogP contribution in [0.1, 0.15) is 0 Å². The second-order valence-corrected chi connectivity index (χ2v) is 4.16. The van der Waals surface area contributed by atoms with Gasteiger partial charge in [0.15, 0.2) is 0 Å². The monoisotopic (exact) mass is 238 g/mol. The van der Waals surface area contributed by atoms with Crippen molar-refractivity contribution in [2.45, 2.75) is 0 Å². The largest absolute Gasteiger partial charge is 0.507 e. The fraction of sp³-hybridized carbons (Fsp3) is 0. The third-order valence-corrected chi connectivity index (χ3v) is 3.07. The number of benzene rings is 3. The standard InChI is InChI=1S/C16H11FO/c17-15-8-4-3-6-13(15)12-9-10-16(18)14-7-2-1-5-11(12)14/h1-10,18H. The van der Waals surface area contributed by atoms with Crippen molar-refractivity contribution in [3.05, 3.63) is 66.5 Å². The van der Waals surface area contributed by atoms with Crippen molar-refractivity contribution in [2.75, 3.05) is 0 Å². The molecule has 0 aliphatic carbocycles. The summed E-state index contributed by atoms with van der Waals surface area (Å²) in [5.41, 5.74) is 1.34. The summed E-state index contributed by atoms with van der Waals surface area (Å²) in [4.78, 5) is 0. The summed E-state index contributed by atoms with van der Waals surface area (Å²) in [6, 6.07) is 17.5. The second-order valence-electron chi connectivity index (χ2n) is 4.16. The Hall–Kier alpha value is -2.35. The second kappa shape index (κ2) is 4.15. The number of rotatable bonds is 1. The zero-order chi connectivity index (χ0) is 12.5. The molecule has 0 spiro atoms. The molecule has 2 heteroatoms. The predicted octanol–water partition coefficient (Wildman–Crippen LogP) is 4.35. The molecule has 0 fully saturated rings. The van der Waals surface area contributed by atoms with E-state index in [-0.39, 0.29) is 11.6 Å². The summed E-state index contributed by atoms with van der Waals surface area (Å²) in [5.74, 6) is -0.0426. The molecule has 0 heterocycles. The summed E-state index contributed by atoms with van der Waals surface area (Å²) < 4.78 is 13.8. The summed E-state index contributed by atoms with van der Waals surface area (Å²) in [5, 5.41) is 11.4. The summed E-state index contributed by atoms with van der Waals surface area (Å²) in [7, 11) is 0. The van der Waals surface area contributed by atoms with Gasteiger partial charge in [-0.05, 0) is 29.1 Å². The van der Waals surface area contributed by atoms with E-state index in [2.05, 4.69) is 0 Å². The molecule has 0 amide bonds. The lowest BCUT2D eigenvalue weighted by Crippen LogP contribution is -1.85. The molecule has 1 N–H and O–H groups in total. The van der Waals surface area contributed by atoms with E-state index in [4.69, 9.17) is 0 Å². The lowest BCUT2D eigenvalue weighted by Gasteiger charge is -2.09. The van der Waals surface area contributed by atoms with Gasteiger partial charge in [-0.15, -0.1) is 0 Å². The van der Waals surface area contributed by atoms with Crippen LogP contribution in [0.15, 0.2) is 60.7 Å². The zero-order valence-corrected chi connectivity index (χ0v) is 9.60. The Kier molecular flexibility index (Phi) is 2.49. The van der Waals surface area contributed by atoms with Crippen molar-refractivity contribution in [1.82, 2.24) is 0 Å². The van der Waals surface area contributed by atoms with Gasteiger partial charge in [-0.1, -0.05) is 42.5 Å². The first-order chi connectivity index (χ1) is 8.77. The molecule has 0 atom stereocenters. The van der Waals surface area contributed by atoms with E-state index < -0.39 is 0 Å². The molecule has 0 radical (unpaired) electrons. The van der Waals surface area contributed by atoms with E-state index in [0.717, 1.165) is 16.3 Å². The summed E-state index contributed by atoms with van der Waals surface area (Å²) in [6.07, 6.45) is 0. The van der Waals surface area contributed by atoms with Gasteiger partial charge in [-0.2, -0.15) is 0 Å². The molecule has 0 aromatic heterocycles. The van der Waals surface area contributed by atoms with Gasteiger partial charge >= 0.3 is 0 Å². The maximum absolute atomic E-state index is 13.8. The first-order valence-corrected chi connectivity index (χ1v) is 5.73. The third kappa shape index (κ3) is 1.63. The van der Waals surface area contributed by atoms with Crippen molar-refractivity contribution in [3.8, 4) is 16.9 Å². The fourth-order valence-electron chi connectivity index (χ4n) is 2.20. The van der Waals surface area contributed by atoms with Gasteiger partial charge in [0.25, 0.3) is 0 Å². The molecule has 0 unspecified atom stereocenters. The van der Waals surface area contributed by atoms with Crippen LogP contribution in [0, 0.1) is 5.82 Å². The van der Waals surface area contributed by atoms with Gasteiger partial charge in [0.2, 0.25) is 0 Å². The van der Waals surface area contributed by atoms with E-state index in [0.29, 0.717) is 5.56 Å². The van der Waals surface area contributed by atoms with Crippen molar-refractivity contribution < 1.29 is 9.50 Å². The molecule has 0 saturated carbocycles. The summed E-state index contributed by atoms with van der Waals surface area (Å²) in [6.45, 7) is 0. The lowest BCUT2D eigenvalue weighted by molar-refractivity contribution is 0.481. The minimum atomic E-state index is -0.256. The smallest absolute Gasteiger partial charge is 0.131 e. The van der Waals surface area contributed by atoms with Gasteiger partial charge in [0.1, 0.15) is 11.6 Å². The van der Waals surface area contributed by atoms with Crippen LogP contribution in [0.4, 0.5) is 4.39 Å². The van der Waals surface area contributed by atoms with Crippen LogP contribution in [0.25, 0.3) is 21.9 Å². The maximum Gasteiger partial charge on any atom is 0.131 e. The van der Waals surface area contributed by atoms with E-state index in [9.17, 15) is 9.50 Å². The third-order valence-electron chi connectivity index (χ3n) is 3.07. The van der Waals surface area contributed by atoms with E-state index in [1.165, 1.54) is 6.07 Å². The average Bonchev–Trinajstić information content (AvgIpc) is 2.41. The fourth-order valence-corrected chi connectivity index (χ4v) is 2.20. The van der Waals surface area contributed by atoms with Crippen LogP contribution in [0.3, 0.4) is 0 Å². The topological polar surface area (TPSA) is 20.2 Å². The highest BCUT2D eigenvalue weighted by molar-refractivity contribution is 5.99. The molecule has 0 saturated heterocycles. The Morgan fingerprint density at radius 1 is 0.667 bits per heavy atom. The molecule has 1 nitrogen and oxygen atoms in total. The van der Waals surface area contributed by atoms with Gasteiger partial charge in [0.05, 0.1) is 0 Å². The molecule has 0 aliphatic rings. The Bertz CT molecular complexity index is 719. The van der Waals surface area contributed by atoms with Gasteiger partial charge < -0.3 is 5.11 Å². The number of phenols is 1. The highest BCUT2D eigenvalue weighted by Gasteiger charge is 2.09. The van der Waals surface area contributed by atoms with Gasteiger partial charge in [0, 0.05) is 10.9 Å².